The Morgan fingerprint density at radius 2 is 1.95 bits per heavy atom. The maximum Gasteiger partial charge on any atom is 0.329 e. The molecule has 0 heterocycles. The van der Waals surface area contributed by atoms with Crippen LogP contribution >= 0.6 is 0 Å². The molecule has 1 amide bonds. The number of rotatable bonds is 9. The summed E-state index contributed by atoms with van der Waals surface area (Å²) in [4.78, 5) is 23.0. The molecule has 0 fully saturated rings. The molecule has 2 N–H and O–H groups in total. The monoisotopic (exact) mass is 293 g/mol. The van der Waals surface area contributed by atoms with Crippen LogP contribution in [0.25, 0.3) is 0 Å². The van der Waals surface area contributed by atoms with Crippen molar-refractivity contribution >= 4 is 11.9 Å². The van der Waals surface area contributed by atoms with E-state index in [2.05, 4.69) is 5.32 Å². The van der Waals surface area contributed by atoms with Gasteiger partial charge in [0.25, 0.3) is 0 Å². The third-order valence-electron chi connectivity index (χ3n) is 3.25. The van der Waals surface area contributed by atoms with E-state index in [1.807, 2.05) is 37.3 Å². The van der Waals surface area contributed by atoms with Gasteiger partial charge in [-0.25, -0.2) is 4.79 Å². The zero-order chi connectivity index (χ0) is 15.7. The Balaban J connectivity index is 2.32. The SMILES string of the molecule is CCCC(C)(NC(=O)COCCc1ccccc1)C(=O)O. The van der Waals surface area contributed by atoms with Crippen molar-refractivity contribution in [1.82, 2.24) is 5.32 Å². The number of nitrogens with one attached hydrogen (secondary N) is 1. The molecule has 0 saturated heterocycles. The van der Waals surface area contributed by atoms with Crippen molar-refractivity contribution in [2.45, 2.75) is 38.6 Å². The molecular formula is C16H23NO4. The molecule has 0 radical (unpaired) electrons. The lowest BCUT2D eigenvalue weighted by Gasteiger charge is -2.25. The molecule has 0 aliphatic rings. The van der Waals surface area contributed by atoms with Gasteiger partial charge in [-0.2, -0.15) is 0 Å². The van der Waals surface area contributed by atoms with E-state index in [1.165, 1.54) is 6.92 Å². The number of benzene rings is 1. The van der Waals surface area contributed by atoms with Crippen molar-refractivity contribution in [2.75, 3.05) is 13.2 Å². The molecule has 5 heteroatoms. The largest absolute Gasteiger partial charge is 0.480 e. The van der Waals surface area contributed by atoms with Gasteiger partial charge < -0.3 is 15.2 Å². The highest BCUT2D eigenvalue weighted by atomic mass is 16.5. The first kappa shape index (κ1) is 17.2. The number of carboxylic acid groups (broad SMARTS) is 1. The first-order valence-corrected chi connectivity index (χ1v) is 7.14. The minimum Gasteiger partial charge on any atom is -0.480 e. The molecule has 21 heavy (non-hydrogen) atoms. The van der Waals surface area contributed by atoms with Crippen LogP contribution in [-0.2, 0) is 20.7 Å². The third-order valence-corrected chi connectivity index (χ3v) is 3.25. The number of ether oxygens (including phenoxy) is 1. The third kappa shape index (κ3) is 5.95. The maximum absolute atomic E-state index is 11.7. The summed E-state index contributed by atoms with van der Waals surface area (Å²) >= 11 is 0. The lowest BCUT2D eigenvalue weighted by Crippen LogP contribution is -2.53. The van der Waals surface area contributed by atoms with Gasteiger partial charge in [-0.3, -0.25) is 4.79 Å². The van der Waals surface area contributed by atoms with E-state index in [0.717, 1.165) is 12.0 Å². The fraction of sp³-hybridized carbons (Fsp3) is 0.500. The number of carbonyl (C=O) groups is 2. The number of carboxylic acids is 1. The molecule has 116 valence electrons. The van der Waals surface area contributed by atoms with Crippen molar-refractivity contribution in [1.29, 1.82) is 0 Å². The van der Waals surface area contributed by atoms with Crippen molar-refractivity contribution in [3.05, 3.63) is 35.9 Å². The van der Waals surface area contributed by atoms with Crippen molar-refractivity contribution in [2.24, 2.45) is 0 Å². The summed E-state index contributed by atoms with van der Waals surface area (Å²) < 4.78 is 5.30. The summed E-state index contributed by atoms with van der Waals surface area (Å²) in [6.45, 7) is 3.69. The minimum absolute atomic E-state index is 0.126. The molecule has 0 aliphatic heterocycles. The summed E-state index contributed by atoms with van der Waals surface area (Å²) in [7, 11) is 0. The smallest absolute Gasteiger partial charge is 0.329 e. The van der Waals surface area contributed by atoms with Crippen LogP contribution in [0.4, 0.5) is 0 Å². The van der Waals surface area contributed by atoms with Crippen LogP contribution in [0.5, 0.6) is 0 Å². The van der Waals surface area contributed by atoms with Gasteiger partial charge in [0, 0.05) is 0 Å². The molecule has 1 aromatic carbocycles. The predicted molar refractivity (Wildman–Crippen MR) is 80.1 cm³/mol. The highest BCUT2D eigenvalue weighted by molar-refractivity contribution is 5.87. The fourth-order valence-corrected chi connectivity index (χ4v) is 2.07. The number of amides is 1. The quantitative estimate of drug-likeness (QED) is 0.683. The van der Waals surface area contributed by atoms with Crippen molar-refractivity contribution in [3.8, 4) is 0 Å². The molecule has 0 saturated carbocycles. The van der Waals surface area contributed by atoms with Crippen LogP contribution in [0.3, 0.4) is 0 Å². The second-order valence-electron chi connectivity index (χ2n) is 5.22. The molecule has 1 unspecified atom stereocenters. The lowest BCUT2D eigenvalue weighted by atomic mass is 9.96. The average molecular weight is 293 g/mol. The van der Waals surface area contributed by atoms with Gasteiger partial charge >= 0.3 is 5.97 Å². The van der Waals surface area contributed by atoms with Gasteiger partial charge in [-0.05, 0) is 25.3 Å². The Hall–Kier alpha value is -1.88. The summed E-state index contributed by atoms with van der Waals surface area (Å²) in [5, 5.41) is 11.7. The Morgan fingerprint density at radius 1 is 1.29 bits per heavy atom. The van der Waals surface area contributed by atoms with Gasteiger partial charge in [0.15, 0.2) is 0 Å². The maximum atomic E-state index is 11.7. The zero-order valence-electron chi connectivity index (χ0n) is 12.6. The molecule has 0 aromatic heterocycles. The van der Waals surface area contributed by atoms with Crippen LogP contribution in [-0.4, -0.2) is 35.7 Å². The van der Waals surface area contributed by atoms with E-state index in [1.54, 1.807) is 0 Å². The molecule has 1 aromatic rings. The molecule has 0 spiro atoms. The molecular weight excluding hydrogens is 270 g/mol. The van der Waals surface area contributed by atoms with E-state index in [-0.39, 0.29) is 6.61 Å². The van der Waals surface area contributed by atoms with Crippen LogP contribution in [0, 0.1) is 0 Å². The molecule has 1 atom stereocenters. The number of aliphatic carboxylic acids is 1. The number of hydrogen-bond acceptors (Lipinski definition) is 3. The lowest BCUT2D eigenvalue weighted by molar-refractivity contribution is -0.148. The minimum atomic E-state index is -1.23. The molecule has 1 rings (SSSR count). The highest BCUT2D eigenvalue weighted by Gasteiger charge is 2.33. The van der Waals surface area contributed by atoms with Gasteiger partial charge in [0.05, 0.1) is 6.61 Å². The Bertz CT molecular complexity index is 461. The molecule has 0 bridgehead atoms. The van der Waals surface area contributed by atoms with E-state index in [4.69, 9.17) is 4.74 Å². The first-order chi connectivity index (χ1) is 9.98. The topological polar surface area (TPSA) is 75.6 Å². The average Bonchev–Trinajstić information content (AvgIpc) is 2.45. The highest BCUT2D eigenvalue weighted by Crippen LogP contribution is 2.12. The van der Waals surface area contributed by atoms with Crippen LogP contribution in [0.1, 0.15) is 32.3 Å². The second-order valence-corrected chi connectivity index (χ2v) is 5.22. The summed E-state index contributed by atoms with van der Waals surface area (Å²) in [6, 6.07) is 9.83. The number of hydrogen-bond donors (Lipinski definition) is 2. The van der Waals surface area contributed by atoms with Crippen molar-refractivity contribution in [3.63, 3.8) is 0 Å². The Labute approximate surface area is 125 Å². The second kappa shape index (κ2) is 8.42. The Kier molecular flexibility index (Phi) is 6.88. The fourth-order valence-electron chi connectivity index (χ4n) is 2.07. The number of carbonyl (C=O) groups excluding carboxylic acids is 1. The standard InChI is InChI=1S/C16H23NO4/c1-3-10-16(2,15(19)20)17-14(18)12-21-11-9-13-7-5-4-6-8-13/h4-8H,3,9-12H2,1-2H3,(H,17,18)(H,19,20). The predicted octanol–water partition coefficient (Wildman–Crippen LogP) is 2.01. The Morgan fingerprint density at radius 3 is 2.52 bits per heavy atom. The summed E-state index contributed by atoms with van der Waals surface area (Å²) in [5.41, 5.74) is -0.0893. The van der Waals surface area contributed by atoms with Crippen LogP contribution < -0.4 is 5.32 Å². The van der Waals surface area contributed by atoms with E-state index in [9.17, 15) is 14.7 Å². The van der Waals surface area contributed by atoms with Crippen LogP contribution in [0.2, 0.25) is 0 Å². The van der Waals surface area contributed by atoms with E-state index >= 15 is 0 Å². The van der Waals surface area contributed by atoms with E-state index < -0.39 is 17.4 Å². The first-order valence-electron chi connectivity index (χ1n) is 7.14. The molecule has 5 nitrogen and oxygen atoms in total. The zero-order valence-corrected chi connectivity index (χ0v) is 12.6. The van der Waals surface area contributed by atoms with Gasteiger partial charge in [0.2, 0.25) is 5.91 Å². The normalized spacial score (nSPS) is 13.4. The van der Waals surface area contributed by atoms with Gasteiger partial charge in [-0.1, -0.05) is 43.7 Å². The van der Waals surface area contributed by atoms with Crippen molar-refractivity contribution < 1.29 is 19.4 Å². The molecule has 0 aliphatic carbocycles. The summed E-state index contributed by atoms with van der Waals surface area (Å²) in [6.07, 6.45) is 1.79. The van der Waals surface area contributed by atoms with Gasteiger partial charge in [0.1, 0.15) is 12.1 Å². The van der Waals surface area contributed by atoms with E-state index in [0.29, 0.717) is 19.4 Å². The van der Waals surface area contributed by atoms with Crippen LogP contribution in [0.15, 0.2) is 30.3 Å². The van der Waals surface area contributed by atoms with Gasteiger partial charge in [-0.15, -0.1) is 0 Å². The summed E-state index contributed by atoms with van der Waals surface area (Å²) in [5.74, 6) is -1.43.